The second-order valence-electron chi connectivity index (χ2n) is 4.81. The molecular weight excluding hydrogens is 280 g/mol. The molecule has 0 bridgehead atoms. The van der Waals surface area contributed by atoms with E-state index in [-0.39, 0.29) is 18.1 Å². The highest BCUT2D eigenvalue weighted by Gasteiger charge is 2.19. The van der Waals surface area contributed by atoms with Crippen molar-refractivity contribution in [3.8, 4) is 5.88 Å². The monoisotopic (exact) mass is 293 g/mol. The quantitative estimate of drug-likeness (QED) is 0.861. The van der Waals surface area contributed by atoms with E-state index in [9.17, 15) is 13.6 Å². The summed E-state index contributed by atoms with van der Waals surface area (Å²) in [5.74, 6) is -1.08. The standard InChI is InChI=1S/C14H13F2N3O2/c1-18-5-6-19-12(18)7-11(17-14(19)20)21-8-9-3-2-4-10(15)13(9)16/h2-4,7H,5-6,8H2,1H3. The Hall–Kier alpha value is -2.44. The lowest BCUT2D eigenvalue weighted by molar-refractivity contribution is 0.283. The Morgan fingerprint density at radius 1 is 1.33 bits per heavy atom. The topological polar surface area (TPSA) is 47.4 Å². The van der Waals surface area contributed by atoms with E-state index in [1.54, 1.807) is 6.07 Å². The van der Waals surface area contributed by atoms with Crippen LogP contribution in [0.4, 0.5) is 14.6 Å². The van der Waals surface area contributed by atoms with Crippen molar-refractivity contribution >= 4 is 5.82 Å². The van der Waals surface area contributed by atoms with Gasteiger partial charge in [0.1, 0.15) is 12.4 Å². The van der Waals surface area contributed by atoms with Crippen molar-refractivity contribution in [2.75, 3.05) is 18.5 Å². The zero-order valence-corrected chi connectivity index (χ0v) is 11.3. The second-order valence-corrected chi connectivity index (χ2v) is 4.81. The summed E-state index contributed by atoms with van der Waals surface area (Å²) < 4.78 is 33.5. The summed E-state index contributed by atoms with van der Waals surface area (Å²) in [5, 5.41) is 0. The van der Waals surface area contributed by atoms with Crippen LogP contribution in [0, 0.1) is 11.6 Å². The minimum atomic E-state index is -0.951. The number of ether oxygens (including phenoxy) is 1. The molecule has 0 saturated heterocycles. The van der Waals surface area contributed by atoms with Gasteiger partial charge < -0.3 is 9.64 Å². The predicted octanol–water partition coefficient (Wildman–Crippen LogP) is 1.55. The van der Waals surface area contributed by atoms with Crippen molar-refractivity contribution in [3.05, 3.63) is 51.9 Å². The van der Waals surface area contributed by atoms with E-state index < -0.39 is 17.3 Å². The first kappa shape index (κ1) is 13.5. The molecule has 7 heteroatoms. The summed E-state index contributed by atoms with van der Waals surface area (Å²) in [7, 11) is 1.86. The van der Waals surface area contributed by atoms with Crippen LogP contribution in [-0.2, 0) is 13.2 Å². The molecule has 1 aliphatic heterocycles. The van der Waals surface area contributed by atoms with Gasteiger partial charge in [0.2, 0.25) is 5.88 Å². The summed E-state index contributed by atoms with van der Waals surface area (Å²) in [5.41, 5.74) is -0.336. The average molecular weight is 293 g/mol. The van der Waals surface area contributed by atoms with Crippen LogP contribution in [0.1, 0.15) is 5.56 Å². The molecule has 0 radical (unpaired) electrons. The maximum absolute atomic E-state index is 13.5. The molecular formula is C14H13F2N3O2. The molecule has 2 heterocycles. The van der Waals surface area contributed by atoms with Crippen LogP contribution in [0.3, 0.4) is 0 Å². The van der Waals surface area contributed by atoms with Crippen molar-refractivity contribution in [2.45, 2.75) is 13.2 Å². The Kier molecular flexibility index (Phi) is 3.32. The molecule has 0 aliphatic carbocycles. The van der Waals surface area contributed by atoms with Crippen LogP contribution in [0.5, 0.6) is 5.88 Å². The van der Waals surface area contributed by atoms with Gasteiger partial charge in [-0.25, -0.2) is 13.6 Å². The van der Waals surface area contributed by atoms with Gasteiger partial charge in [0, 0.05) is 31.8 Å². The van der Waals surface area contributed by atoms with Crippen LogP contribution in [0.25, 0.3) is 0 Å². The number of likely N-dealkylation sites (N-methyl/N-ethyl adjacent to an activating group) is 1. The van der Waals surface area contributed by atoms with Crippen molar-refractivity contribution in [3.63, 3.8) is 0 Å². The fraction of sp³-hybridized carbons (Fsp3) is 0.286. The summed E-state index contributed by atoms with van der Waals surface area (Å²) in [4.78, 5) is 17.5. The number of hydrogen-bond donors (Lipinski definition) is 0. The lowest BCUT2D eigenvalue weighted by Crippen LogP contribution is -2.22. The Morgan fingerprint density at radius 2 is 2.14 bits per heavy atom. The molecule has 3 rings (SSSR count). The first-order valence-corrected chi connectivity index (χ1v) is 6.45. The number of fused-ring (bicyclic) bond motifs is 1. The van der Waals surface area contributed by atoms with Crippen molar-refractivity contribution in [1.82, 2.24) is 9.55 Å². The zero-order chi connectivity index (χ0) is 15.0. The Balaban J connectivity index is 1.83. The largest absolute Gasteiger partial charge is 0.472 e. The van der Waals surface area contributed by atoms with Crippen molar-refractivity contribution in [2.24, 2.45) is 0 Å². The van der Waals surface area contributed by atoms with E-state index in [0.717, 1.165) is 12.6 Å². The highest BCUT2D eigenvalue weighted by Crippen LogP contribution is 2.21. The molecule has 0 unspecified atom stereocenters. The Bertz CT molecular complexity index is 745. The van der Waals surface area contributed by atoms with E-state index >= 15 is 0 Å². The van der Waals surface area contributed by atoms with Gasteiger partial charge in [-0.3, -0.25) is 4.57 Å². The van der Waals surface area contributed by atoms with E-state index in [0.29, 0.717) is 12.4 Å². The van der Waals surface area contributed by atoms with Crippen LogP contribution in [0.15, 0.2) is 29.1 Å². The lowest BCUT2D eigenvalue weighted by Gasteiger charge is -2.12. The molecule has 21 heavy (non-hydrogen) atoms. The highest BCUT2D eigenvalue weighted by molar-refractivity contribution is 5.44. The zero-order valence-electron chi connectivity index (χ0n) is 11.3. The van der Waals surface area contributed by atoms with Gasteiger partial charge in [0.25, 0.3) is 0 Å². The summed E-state index contributed by atoms with van der Waals surface area (Å²) >= 11 is 0. The average Bonchev–Trinajstić information content (AvgIpc) is 2.83. The Morgan fingerprint density at radius 3 is 2.95 bits per heavy atom. The molecule has 0 fully saturated rings. The van der Waals surface area contributed by atoms with Crippen LogP contribution in [0.2, 0.25) is 0 Å². The van der Waals surface area contributed by atoms with Gasteiger partial charge in [-0.2, -0.15) is 4.98 Å². The van der Waals surface area contributed by atoms with Gasteiger partial charge in [-0.05, 0) is 6.07 Å². The molecule has 1 aromatic carbocycles. The summed E-state index contributed by atoms with van der Waals surface area (Å²) in [6.45, 7) is 1.11. The third-order valence-electron chi connectivity index (χ3n) is 3.42. The smallest absolute Gasteiger partial charge is 0.352 e. The Labute approximate surface area is 119 Å². The van der Waals surface area contributed by atoms with Crippen LogP contribution < -0.4 is 15.3 Å². The summed E-state index contributed by atoms with van der Waals surface area (Å²) in [6, 6.07) is 5.47. The summed E-state index contributed by atoms with van der Waals surface area (Å²) in [6.07, 6.45) is 0. The van der Waals surface area contributed by atoms with Crippen LogP contribution in [-0.4, -0.2) is 23.1 Å². The molecule has 5 nitrogen and oxygen atoms in total. The van der Waals surface area contributed by atoms with E-state index in [1.807, 2.05) is 11.9 Å². The van der Waals surface area contributed by atoms with E-state index in [1.165, 1.54) is 16.7 Å². The number of halogens is 2. The fourth-order valence-electron chi connectivity index (χ4n) is 2.25. The maximum atomic E-state index is 13.5. The van der Waals surface area contributed by atoms with Gasteiger partial charge in [-0.15, -0.1) is 0 Å². The second kappa shape index (κ2) is 5.16. The highest BCUT2D eigenvalue weighted by atomic mass is 19.2. The molecule has 0 spiro atoms. The number of nitrogens with zero attached hydrogens (tertiary/aromatic N) is 3. The molecule has 1 aliphatic rings. The minimum Gasteiger partial charge on any atom is -0.472 e. The molecule has 0 saturated carbocycles. The predicted molar refractivity (Wildman–Crippen MR) is 72.5 cm³/mol. The molecule has 110 valence electrons. The van der Waals surface area contributed by atoms with Gasteiger partial charge >= 0.3 is 5.69 Å². The number of aromatic nitrogens is 2. The van der Waals surface area contributed by atoms with Crippen molar-refractivity contribution in [1.29, 1.82) is 0 Å². The maximum Gasteiger partial charge on any atom is 0.352 e. The first-order valence-electron chi connectivity index (χ1n) is 6.45. The lowest BCUT2D eigenvalue weighted by atomic mass is 10.2. The number of rotatable bonds is 3. The first-order chi connectivity index (χ1) is 10.1. The molecule has 1 aromatic heterocycles. The fourth-order valence-corrected chi connectivity index (χ4v) is 2.25. The number of anilines is 1. The minimum absolute atomic E-state index is 0.0748. The molecule has 0 N–H and O–H groups in total. The third-order valence-corrected chi connectivity index (χ3v) is 3.42. The number of benzene rings is 1. The SMILES string of the molecule is CN1CCn2c1cc(OCc1cccc(F)c1F)nc2=O. The third kappa shape index (κ3) is 2.46. The number of hydrogen-bond acceptors (Lipinski definition) is 4. The molecule has 0 amide bonds. The normalized spacial score (nSPS) is 13.4. The van der Waals surface area contributed by atoms with Crippen molar-refractivity contribution < 1.29 is 13.5 Å². The van der Waals surface area contributed by atoms with E-state index in [2.05, 4.69) is 4.98 Å². The van der Waals surface area contributed by atoms with Gasteiger partial charge in [-0.1, -0.05) is 12.1 Å². The molecule has 2 aromatic rings. The van der Waals surface area contributed by atoms with E-state index in [4.69, 9.17) is 4.74 Å². The molecule has 0 atom stereocenters. The van der Waals surface area contributed by atoms with Gasteiger partial charge in [0.05, 0.1) is 0 Å². The van der Waals surface area contributed by atoms with Crippen LogP contribution >= 0.6 is 0 Å². The van der Waals surface area contributed by atoms with Gasteiger partial charge in [0.15, 0.2) is 11.6 Å².